The van der Waals surface area contributed by atoms with E-state index in [0.717, 1.165) is 42.8 Å². The summed E-state index contributed by atoms with van der Waals surface area (Å²) in [4.78, 5) is 7.02. The van der Waals surface area contributed by atoms with E-state index in [1.165, 1.54) is 5.56 Å². The van der Waals surface area contributed by atoms with Crippen LogP contribution in [0.25, 0.3) is 21.7 Å². The van der Waals surface area contributed by atoms with Crippen LogP contribution in [0.3, 0.4) is 0 Å². The number of aryl methyl sites for hydroxylation is 1. The molecule has 194 valence electrons. The van der Waals surface area contributed by atoms with E-state index in [1.54, 1.807) is 7.11 Å². The number of aromatic nitrogens is 1. The predicted molar refractivity (Wildman–Crippen MR) is 160 cm³/mol. The first kappa shape index (κ1) is 26.4. The highest BCUT2D eigenvalue weighted by Gasteiger charge is 2.43. The van der Waals surface area contributed by atoms with Crippen LogP contribution in [0.15, 0.2) is 95.5 Å². The van der Waals surface area contributed by atoms with Crippen molar-refractivity contribution in [3.8, 4) is 5.88 Å². The molecule has 0 amide bonds. The summed E-state index contributed by atoms with van der Waals surface area (Å²) in [7, 11) is 5.74. The minimum absolute atomic E-state index is 0.431. The smallest absolute Gasteiger partial charge is 0.217 e. The third kappa shape index (κ3) is 5.06. The molecule has 1 aromatic heterocycles. The fourth-order valence-corrected chi connectivity index (χ4v) is 5.80. The van der Waals surface area contributed by atoms with E-state index >= 15 is 0 Å². The van der Waals surface area contributed by atoms with Gasteiger partial charge in [0, 0.05) is 27.9 Å². The van der Waals surface area contributed by atoms with Crippen LogP contribution in [0.2, 0.25) is 0 Å². The van der Waals surface area contributed by atoms with Gasteiger partial charge in [-0.15, -0.1) is 0 Å². The second-order valence-corrected chi connectivity index (χ2v) is 11.2. The molecule has 2 unspecified atom stereocenters. The Morgan fingerprint density at radius 1 is 0.921 bits per heavy atom. The second-order valence-electron chi connectivity index (χ2n) is 10.3. The Bertz CT molecular complexity index is 1580. The van der Waals surface area contributed by atoms with Gasteiger partial charge in [-0.1, -0.05) is 88.2 Å². The van der Waals surface area contributed by atoms with Gasteiger partial charge in [0.2, 0.25) is 5.88 Å². The summed E-state index contributed by atoms with van der Waals surface area (Å²) in [6.07, 6.45) is 0.520. The van der Waals surface area contributed by atoms with Crippen molar-refractivity contribution in [1.82, 2.24) is 9.88 Å². The van der Waals surface area contributed by atoms with Gasteiger partial charge in [0.25, 0.3) is 0 Å². The van der Waals surface area contributed by atoms with Gasteiger partial charge in [-0.05, 0) is 73.6 Å². The molecule has 4 aromatic carbocycles. The number of hydrogen-bond donors (Lipinski definition) is 1. The molecule has 1 N–H and O–H groups in total. The lowest BCUT2D eigenvalue weighted by atomic mass is 9.70. The van der Waals surface area contributed by atoms with Gasteiger partial charge in [0.1, 0.15) is 5.60 Å². The molecular formula is C33H33BrN2O2. The number of pyridine rings is 1. The summed E-state index contributed by atoms with van der Waals surface area (Å²) < 4.78 is 6.89. The Morgan fingerprint density at radius 3 is 2.39 bits per heavy atom. The number of rotatable bonds is 8. The molecule has 0 bridgehead atoms. The molecule has 0 saturated carbocycles. The SMILES string of the molecule is COc1nc2ccc(Br)cc2cc1C(c1ccc(C)cc1)C(O)(CCN(C)C)c1cccc2ccccc12. The Morgan fingerprint density at radius 2 is 1.66 bits per heavy atom. The van der Waals surface area contributed by atoms with E-state index in [-0.39, 0.29) is 0 Å². The van der Waals surface area contributed by atoms with Gasteiger partial charge in [-0.25, -0.2) is 4.98 Å². The third-order valence-corrected chi connectivity index (χ3v) is 7.85. The van der Waals surface area contributed by atoms with Crippen molar-refractivity contribution in [2.75, 3.05) is 27.7 Å². The van der Waals surface area contributed by atoms with E-state index < -0.39 is 11.5 Å². The Kier molecular flexibility index (Phi) is 7.53. The maximum Gasteiger partial charge on any atom is 0.217 e. The molecule has 5 aromatic rings. The van der Waals surface area contributed by atoms with Crippen LogP contribution in [0.4, 0.5) is 0 Å². The molecule has 0 aliphatic rings. The highest BCUT2D eigenvalue weighted by molar-refractivity contribution is 9.10. The molecule has 0 fully saturated rings. The second kappa shape index (κ2) is 10.9. The maximum atomic E-state index is 13.1. The molecule has 0 aliphatic heterocycles. The van der Waals surface area contributed by atoms with Crippen molar-refractivity contribution in [2.45, 2.75) is 24.9 Å². The number of fused-ring (bicyclic) bond motifs is 2. The standard InChI is InChI=1S/C33H33BrN2O2/c1-22-12-14-24(15-13-22)31(28-21-25-20-26(34)16-17-30(25)35-32(28)38-4)33(37,18-19-36(2)3)29-11-7-9-23-8-5-6-10-27(23)29/h5-17,20-21,31,37H,18-19H2,1-4H3. The molecule has 5 heteroatoms. The zero-order valence-electron chi connectivity index (χ0n) is 22.3. The normalized spacial score (nSPS) is 14.1. The van der Waals surface area contributed by atoms with Gasteiger partial charge in [0.05, 0.1) is 12.6 Å². The fraction of sp³-hybridized carbons (Fsp3) is 0.242. The molecule has 2 atom stereocenters. The van der Waals surface area contributed by atoms with Gasteiger partial charge in [-0.3, -0.25) is 0 Å². The predicted octanol–water partition coefficient (Wildman–Crippen LogP) is 7.44. The van der Waals surface area contributed by atoms with Crippen LogP contribution in [0, 0.1) is 6.92 Å². The van der Waals surface area contributed by atoms with Gasteiger partial charge >= 0.3 is 0 Å². The first-order valence-corrected chi connectivity index (χ1v) is 13.7. The number of benzene rings is 4. The first-order valence-electron chi connectivity index (χ1n) is 12.9. The summed E-state index contributed by atoms with van der Waals surface area (Å²) >= 11 is 3.61. The number of methoxy groups -OCH3 is 1. The minimum Gasteiger partial charge on any atom is -0.481 e. The maximum absolute atomic E-state index is 13.1. The van der Waals surface area contributed by atoms with Gasteiger partial charge in [-0.2, -0.15) is 0 Å². The highest BCUT2D eigenvalue weighted by atomic mass is 79.9. The van der Waals surface area contributed by atoms with E-state index in [4.69, 9.17) is 9.72 Å². The Balaban J connectivity index is 1.85. The first-order chi connectivity index (χ1) is 18.3. The van der Waals surface area contributed by atoms with Crippen molar-refractivity contribution in [2.24, 2.45) is 0 Å². The van der Waals surface area contributed by atoms with E-state index in [0.29, 0.717) is 18.8 Å². The zero-order chi connectivity index (χ0) is 26.9. The molecule has 38 heavy (non-hydrogen) atoms. The van der Waals surface area contributed by atoms with Crippen molar-refractivity contribution < 1.29 is 9.84 Å². The molecule has 0 saturated heterocycles. The largest absolute Gasteiger partial charge is 0.481 e. The van der Waals surface area contributed by atoms with Crippen LogP contribution in [0.1, 0.15) is 34.6 Å². The third-order valence-electron chi connectivity index (χ3n) is 7.36. The summed E-state index contributed by atoms with van der Waals surface area (Å²) in [5.74, 6) is 0.0913. The van der Waals surface area contributed by atoms with Crippen LogP contribution < -0.4 is 4.74 Å². The van der Waals surface area contributed by atoms with Crippen LogP contribution in [-0.2, 0) is 5.60 Å². The van der Waals surface area contributed by atoms with Crippen molar-refractivity contribution in [3.63, 3.8) is 0 Å². The molecular weight excluding hydrogens is 536 g/mol. The van der Waals surface area contributed by atoms with E-state index in [2.05, 4.69) is 88.4 Å². The lowest BCUT2D eigenvalue weighted by molar-refractivity contribution is 0.00520. The fourth-order valence-electron chi connectivity index (χ4n) is 5.42. The number of nitrogens with zero attached hydrogens (tertiary/aromatic N) is 2. The molecule has 0 spiro atoms. The van der Waals surface area contributed by atoms with Crippen molar-refractivity contribution in [1.29, 1.82) is 0 Å². The van der Waals surface area contributed by atoms with E-state index in [9.17, 15) is 5.11 Å². The number of ether oxygens (including phenoxy) is 1. The van der Waals surface area contributed by atoms with Crippen molar-refractivity contribution in [3.05, 3.63) is 118 Å². The molecule has 1 heterocycles. The number of hydrogen-bond acceptors (Lipinski definition) is 4. The number of halogens is 1. The van der Waals surface area contributed by atoms with Gasteiger partial charge < -0.3 is 14.7 Å². The summed E-state index contributed by atoms with van der Waals surface area (Å²) in [6.45, 7) is 2.79. The topological polar surface area (TPSA) is 45.6 Å². The lowest BCUT2D eigenvalue weighted by Gasteiger charge is -2.39. The highest BCUT2D eigenvalue weighted by Crippen LogP contribution is 2.49. The monoisotopic (exact) mass is 568 g/mol. The van der Waals surface area contributed by atoms with E-state index in [1.807, 2.05) is 44.4 Å². The summed E-state index contributed by atoms with van der Waals surface area (Å²) in [6, 6.07) is 31.1. The average Bonchev–Trinajstić information content (AvgIpc) is 2.92. The number of aliphatic hydroxyl groups is 1. The van der Waals surface area contributed by atoms with Crippen LogP contribution in [-0.4, -0.2) is 42.7 Å². The summed E-state index contributed by atoms with van der Waals surface area (Å²) in [5, 5.41) is 16.2. The Hall–Kier alpha value is -3.25. The molecule has 0 radical (unpaired) electrons. The van der Waals surface area contributed by atoms with Crippen molar-refractivity contribution >= 4 is 37.6 Å². The lowest BCUT2D eigenvalue weighted by Crippen LogP contribution is -2.38. The quantitative estimate of drug-likeness (QED) is 0.211. The van der Waals surface area contributed by atoms with Gasteiger partial charge in [0.15, 0.2) is 0 Å². The summed E-state index contributed by atoms with van der Waals surface area (Å²) in [5.41, 5.74) is 3.53. The zero-order valence-corrected chi connectivity index (χ0v) is 23.9. The molecule has 5 rings (SSSR count). The average molecular weight is 570 g/mol. The molecule has 0 aliphatic carbocycles. The van der Waals surface area contributed by atoms with Crippen LogP contribution in [0.5, 0.6) is 5.88 Å². The molecule has 4 nitrogen and oxygen atoms in total. The minimum atomic E-state index is -1.25. The van der Waals surface area contributed by atoms with Crippen LogP contribution >= 0.6 is 15.9 Å². The Labute approximate surface area is 233 Å².